The van der Waals surface area contributed by atoms with E-state index in [0.717, 1.165) is 9.13 Å². The molecule has 1 aromatic rings. The molecule has 1 atom stereocenters. The molecule has 0 bridgehead atoms. The smallest absolute Gasteiger partial charge is 0.320 e. The number of anilines is 1. The summed E-state index contributed by atoms with van der Waals surface area (Å²) in [7, 11) is 0. The summed E-state index contributed by atoms with van der Waals surface area (Å²) in [6, 6.07) is 4.41. The van der Waals surface area contributed by atoms with Crippen LogP contribution < -0.4 is 11.1 Å². The molecule has 1 aromatic carbocycles. The number of hydrogen-bond acceptors (Lipinski definition) is 3. The number of carbonyl (C=O) groups is 2. The molecule has 0 spiro atoms. The Kier molecular flexibility index (Phi) is 4.88. The van der Waals surface area contributed by atoms with Crippen molar-refractivity contribution in [1.82, 2.24) is 0 Å². The van der Waals surface area contributed by atoms with Crippen LogP contribution in [0.1, 0.15) is 12.5 Å². The van der Waals surface area contributed by atoms with Crippen LogP contribution in [0.3, 0.4) is 0 Å². The third kappa shape index (κ3) is 4.31. The van der Waals surface area contributed by atoms with E-state index < -0.39 is 12.0 Å². The minimum atomic E-state index is -1.02. The summed E-state index contributed by atoms with van der Waals surface area (Å²) in [6.07, 6.45) is 0.270. The largest absolute Gasteiger partial charge is 0.480 e. The quantitative estimate of drug-likeness (QED) is 0.713. The van der Waals surface area contributed by atoms with E-state index >= 15 is 0 Å². The molecular formula is C11H13IN2O3. The van der Waals surface area contributed by atoms with Crippen LogP contribution in [0.15, 0.2) is 18.2 Å². The van der Waals surface area contributed by atoms with Gasteiger partial charge in [-0.05, 0) is 46.7 Å². The van der Waals surface area contributed by atoms with Gasteiger partial charge in [0, 0.05) is 10.5 Å². The van der Waals surface area contributed by atoms with E-state index in [4.69, 9.17) is 10.8 Å². The van der Waals surface area contributed by atoms with Gasteiger partial charge >= 0.3 is 5.97 Å². The predicted molar refractivity (Wildman–Crippen MR) is 72.8 cm³/mol. The summed E-state index contributed by atoms with van der Waals surface area (Å²) in [6.45, 7) is 1.43. The zero-order valence-electron chi connectivity index (χ0n) is 9.24. The lowest BCUT2D eigenvalue weighted by molar-refractivity contribution is -0.138. The molecule has 1 rings (SSSR count). The van der Waals surface area contributed by atoms with E-state index in [0.29, 0.717) is 5.69 Å². The molecule has 5 nitrogen and oxygen atoms in total. The van der Waals surface area contributed by atoms with Crippen LogP contribution in [0, 0.1) is 3.57 Å². The monoisotopic (exact) mass is 348 g/mol. The van der Waals surface area contributed by atoms with Gasteiger partial charge in [-0.1, -0.05) is 6.07 Å². The number of hydrogen-bond donors (Lipinski definition) is 3. The van der Waals surface area contributed by atoms with Crippen molar-refractivity contribution in [3.8, 4) is 0 Å². The van der Waals surface area contributed by atoms with Crippen molar-refractivity contribution in [1.29, 1.82) is 0 Å². The average Bonchev–Trinajstić information content (AvgIpc) is 2.21. The molecule has 1 amide bonds. The molecule has 92 valence electrons. The molecule has 0 aliphatic carbocycles. The van der Waals surface area contributed by atoms with E-state index in [1.807, 2.05) is 6.07 Å². The fraction of sp³-hybridized carbons (Fsp3) is 0.273. The Morgan fingerprint density at radius 1 is 1.53 bits per heavy atom. The van der Waals surface area contributed by atoms with Gasteiger partial charge in [0.1, 0.15) is 6.04 Å². The zero-order chi connectivity index (χ0) is 13.0. The zero-order valence-corrected chi connectivity index (χ0v) is 11.4. The van der Waals surface area contributed by atoms with E-state index in [9.17, 15) is 9.59 Å². The summed E-state index contributed by atoms with van der Waals surface area (Å²) in [5, 5.41) is 11.4. The van der Waals surface area contributed by atoms with Gasteiger partial charge in [0.05, 0.1) is 5.69 Å². The highest BCUT2D eigenvalue weighted by Gasteiger charge is 2.13. The first-order valence-electron chi connectivity index (χ1n) is 4.94. The first-order chi connectivity index (χ1) is 7.90. The Balaban J connectivity index is 2.81. The highest BCUT2D eigenvalue weighted by Crippen LogP contribution is 2.20. The normalized spacial score (nSPS) is 11.9. The first kappa shape index (κ1) is 13.9. The van der Waals surface area contributed by atoms with Gasteiger partial charge < -0.3 is 16.2 Å². The second-order valence-electron chi connectivity index (χ2n) is 3.64. The van der Waals surface area contributed by atoms with Gasteiger partial charge in [0.15, 0.2) is 0 Å². The van der Waals surface area contributed by atoms with E-state index in [1.165, 1.54) is 6.92 Å². The van der Waals surface area contributed by atoms with Crippen molar-refractivity contribution in [3.05, 3.63) is 27.3 Å². The van der Waals surface area contributed by atoms with Gasteiger partial charge in [-0.25, -0.2) is 0 Å². The molecule has 4 N–H and O–H groups in total. The number of nitrogens with two attached hydrogens (primary N) is 1. The first-order valence-corrected chi connectivity index (χ1v) is 6.02. The van der Waals surface area contributed by atoms with Gasteiger partial charge in [0.2, 0.25) is 5.91 Å². The Bertz CT molecular complexity index is 448. The Labute approximate surface area is 113 Å². The fourth-order valence-electron chi connectivity index (χ4n) is 1.32. The van der Waals surface area contributed by atoms with Gasteiger partial charge in [-0.3, -0.25) is 9.59 Å². The lowest BCUT2D eigenvalue weighted by atomic mass is 10.1. The number of halogens is 1. The van der Waals surface area contributed by atoms with Crippen LogP contribution in [0.25, 0.3) is 0 Å². The average molecular weight is 348 g/mol. The molecule has 0 aliphatic rings. The van der Waals surface area contributed by atoms with Gasteiger partial charge in [0.25, 0.3) is 0 Å². The topological polar surface area (TPSA) is 92.4 Å². The Morgan fingerprint density at radius 3 is 2.65 bits per heavy atom. The van der Waals surface area contributed by atoms with Crippen LogP contribution in [0.5, 0.6) is 0 Å². The van der Waals surface area contributed by atoms with E-state index in [-0.39, 0.29) is 12.3 Å². The summed E-state index contributed by atoms with van der Waals surface area (Å²) in [5.74, 6) is -1.16. The molecule has 0 saturated heterocycles. The van der Waals surface area contributed by atoms with Crippen LogP contribution in [0.4, 0.5) is 5.69 Å². The molecule has 0 saturated carbocycles. The summed E-state index contributed by atoms with van der Waals surface area (Å²) < 4.78 is 0.855. The molecular weight excluding hydrogens is 335 g/mol. The van der Waals surface area contributed by atoms with Crippen molar-refractivity contribution in [2.45, 2.75) is 19.4 Å². The fourth-order valence-corrected chi connectivity index (χ4v) is 2.03. The van der Waals surface area contributed by atoms with Crippen LogP contribution in [0.2, 0.25) is 0 Å². The summed E-state index contributed by atoms with van der Waals surface area (Å²) >= 11 is 2.08. The molecule has 17 heavy (non-hydrogen) atoms. The maximum absolute atomic E-state index is 10.9. The van der Waals surface area contributed by atoms with Crippen molar-refractivity contribution in [2.75, 3.05) is 5.32 Å². The van der Waals surface area contributed by atoms with Crippen molar-refractivity contribution in [3.63, 3.8) is 0 Å². The van der Waals surface area contributed by atoms with Gasteiger partial charge in [-0.15, -0.1) is 0 Å². The number of amides is 1. The van der Waals surface area contributed by atoms with Crippen molar-refractivity contribution >= 4 is 40.2 Å². The van der Waals surface area contributed by atoms with Crippen molar-refractivity contribution < 1.29 is 14.7 Å². The molecule has 0 radical (unpaired) electrons. The standard InChI is InChI=1S/C11H13IN2O3/c1-6(15)14-10-3-2-7(4-8(10)12)5-9(13)11(16)17/h2-4,9H,5,13H2,1H3,(H,14,15)(H,16,17)/t9-/m0/s1. The molecule has 0 heterocycles. The Morgan fingerprint density at radius 2 is 2.18 bits per heavy atom. The van der Waals surface area contributed by atoms with Crippen LogP contribution >= 0.6 is 22.6 Å². The number of nitrogens with one attached hydrogen (secondary N) is 1. The second kappa shape index (κ2) is 5.97. The number of carboxylic acid groups (broad SMARTS) is 1. The summed E-state index contributed by atoms with van der Waals surface area (Å²) in [5.41, 5.74) is 6.99. The third-order valence-electron chi connectivity index (χ3n) is 2.12. The predicted octanol–water partition coefficient (Wildman–Crippen LogP) is 1.20. The van der Waals surface area contributed by atoms with Gasteiger partial charge in [-0.2, -0.15) is 0 Å². The molecule has 6 heteroatoms. The number of carboxylic acids is 1. The van der Waals surface area contributed by atoms with E-state index in [2.05, 4.69) is 27.9 Å². The number of carbonyl (C=O) groups excluding carboxylic acids is 1. The lowest BCUT2D eigenvalue weighted by Gasteiger charge is -2.09. The molecule has 0 aliphatic heterocycles. The van der Waals surface area contributed by atoms with E-state index in [1.54, 1.807) is 12.1 Å². The van der Waals surface area contributed by atoms with Crippen LogP contribution in [-0.2, 0) is 16.0 Å². The van der Waals surface area contributed by atoms with Crippen LogP contribution in [-0.4, -0.2) is 23.0 Å². The highest BCUT2D eigenvalue weighted by atomic mass is 127. The minimum absolute atomic E-state index is 0.141. The third-order valence-corrected chi connectivity index (χ3v) is 3.01. The highest BCUT2D eigenvalue weighted by molar-refractivity contribution is 14.1. The molecule has 0 aromatic heterocycles. The summed E-state index contributed by atoms with van der Waals surface area (Å²) in [4.78, 5) is 21.5. The SMILES string of the molecule is CC(=O)Nc1ccc(C[C@H](N)C(=O)O)cc1I. The molecule has 0 fully saturated rings. The maximum atomic E-state index is 10.9. The van der Waals surface area contributed by atoms with Crippen molar-refractivity contribution in [2.24, 2.45) is 5.73 Å². The maximum Gasteiger partial charge on any atom is 0.320 e. The second-order valence-corrected chi connectivity index (χ2v) is 4.81. The lowest BCUT2D eigenvalue weighted by Crippen LogP contribution is -2.32. The number of rotatable bonds is 4. The number of benzene rings is 1. The number of aliphatic carboxylic acids is 1. The minimum Gasteiger partial charge on any atom is -0.480 e. The molecule has 0 unspecified atom stereocenters. The Hall–Kier alpha value is -1.15.